The molecule has 9 nitrogen and oxygen atoms in total. The van der Waals surface area contributed by atoms with E-state index in [1.54, 1.807) is 32.6 Å². The zero-order chi connectivity index (χ0) is 31.6. The number of para-hydroxylation sites is 1. The van der Waals surface area contributed by atoms with Crippen molar-refractivity contribution in [2.45, 2.75) is 70.4 Å². The molecule has 3 aromatic rings. The van der Waals surface area contributed by atoms with Gasteiger partial charge >= 0.3 is 6.09 Å². The number of nitrogens with zero attached hydrogens (tertiary/aromatic N) is 2. The molecule has 1 unspecified atom stereocenters. The Kier molecular flexibility index (Phi) is 8.69. The van der Waals surface area contributed by atoms with Gasteiger partial charge in [-0.1, -0.05) is 60.4 Å². The van der Waals surface area contributed by atoms with Gasteiger partial charge in [-0.3, -0.25) is 14.5 Å². The molecule has 230 valence electrons. The minimum Gasteiger partial charge on any atom is -0.444 e. The van der Waals surface area contributed by atoms with E-state index in [2.05, 4.69) is 17.2 Å². The summed E-state index contributed by atoms with van der Waals surface area (Å²) in [4.78, 5) is 43.2. The van der Waals surface area contributed by atoms with Crippen LogP contribution in [0.4, 0.5) is 10.5 Å². The average molecular weight is 598 g/mol. The van der Waals surface area contributed by atoms with Crippen LogP contribution in [0, 0.1) is 11.8 Å². The topological polar surface area (TPSA) is 108 Å². The Bertz CT molecular complexity index is 1650. The van der Waals surface area contributed by atoms with Crippen LogP contribution in [-0.2, 0) is 32.0 Å². The van der Waals surface area contributed by atoms with Crippen LogP contribution < -0.4 is 10.2 Å². The summed E-state index contributed by atoms with van der Waals surface area (Å²) in [5.41, 5.74) is 1.40. The van der Waals surface area contributed by atoms with Gasteiger partial charge in [0.1, 0.15) is 17.7 Å². The predicted molar refractivity (Wildman–Crippen MR) is 168 cm³/mol. The van der Waals surface area contributed by atoms with Crippen LogP contribution in [0.25, 0.3) is 10.8 Å². The number of nitrogens with one attached hydrogen (secondary N) is 1. The summed E-state index contributed by atoms with van der Waals surface area (Å²) in [6.07, 6.45) is 0.356. The summed E-state index contributed by atoms with van der Waals surface area (Å²) in [7, 11) is 1.50. The van der Waals surface area contributed by atoms with E-state index in [-0.39, 0.29) is 25.7 Å². The molecule has 44 heavy (non-hydrogen) atoms. The number of likely N-dealkylation sites (N-methyl/N-ethyl adjacent to an activating group) is 1. The second-order valence-electron chi connectivity index (χ2n) is 12.5. The molecule has 0 radical (unpaired) electrons. The van der Waals surface area contributed by atoms with Gasteiger partial charge in [0.15, 0.2) is 5.60 Å². The van der Waals surface area contributed by atoms with Crippen molar-refractivity contribution in [1.82, 2.24) is 10.2 Å². The largest absolute Gasteiger partial charge is 0.444 e. The van der Waals surface area contributed by atoms with Gasteiger partial charge in [-0.05, 0) is 74.6 Å². The minimum atomic E-state index is -1.19. The second kappa shape index (κ2) is 12.3. The lowest BCUT2D eigenvalue weighted by Crippen LogP contribution is -2.54. The Hall–Kier alpha value is -4.39. The number of fused-ring (bicyclic) bond motifs is 2. The Morgan fingerprint density at radius 1 is 1.14 bits per heavy atom. The molecule has 0 bridgehead atoms. The van der Waals surface area contributed by atoms with Crippen molar-refractivity contribution >= 4 is 34.4 Å². The normalized spacial score (nSPS) is 18.2. The van der Waals surface area contributed by atoms with Crippen LogP contribution in [0.2, 0.25) is 0 Å². The first-order valence-corrected chi connectivity index (χ1v) is 14.8. The van der Waals surface area contributed by atoms with E-state index in [0.29, 0.717) is 18.4 Å². The van der Waals surface area contributed by atoms with E-state index < -0.39 is 35.3 Å². The van der Waals surface area contributed by atoms with Crippen molar-refractivity contribution in [2.24, 2.45) is 0 Å². The van der Waals surface area contributed by atoms with E-state index in [0.717, 1.165) is 27.6 Å². The number of benzene rings is 3. The number of hydrogen-bond acceptors (Lipinski definition) is 6. The highest BCUT2D eigenvalue weighted by molar-refractivity contribution is 6.02. The first-order chi connectivity index (χ1) is 20.8. The number of carbonyl (C=O) groups is 3. The maximum atomic E-state index is 14.3. The van der Waals surface area contributed by atoms with Crippen LogP contribution in [-0.4, -0.2) is 71.5 Å². The molecule has 2 N–H and O–H groups in total. The highest BCUT2D eigenvalue weighted by Crippen LogP contribution is 2.32. The predicted octanol–water partition coefficient (Wildman–Crippen LogP) is 4.17. The van der Waals surface area contributed by atoms with Gasteiger partial charge in [-0.25, -0.2) is 4.79 Å². The Morgan fingerprint density at radius 2 is 1.84 bits per heavy atom. The monoisotopic (exact) mass is 597 g/mol. The maximum Gasteiger partial charge on any atom is 0.410 e. The summed E-state index contributed by atoms with van der Waals surface area (Å²) in [6.45, 7) is 7.40. The van der Waals surface area contributed by atoms with E-state index in [9.17, 15) is 19.5 Å². The average Bonchev–Trinajstić information content (AvgIpc) is 3.10. The lowest BCUT2D eigenvalue weighted by molar-refractivity contribution is -0.140. The third kappa shape index (κ3) is 6.72. The molecule has 2 aliphatic rings. The third-order valence-electron chi connectivity index (χ3n) is 7.98. The smallest absolute Gasteiger partial charge is 0.410 e. The summed E-state index contributed by atoms with van der Waals surface area (Å²) in [5.74, 6) is 5.40. The van der Waals surface area contributed by atoms with Crippen LogP contribution >= 0.6 is 0 Å². The third-order valence-corrected chi connectivity index (χ3v) is 7.98. The first kappa shape index (κ1) is 31.0. The van der Waals surface area contributed by atoms with Crippen molar-refractivity contribution in [3.63, 3.8) is 0 Å². The van der Waals surface area contributed by atoms with Crippen LogP contribution in [0.5, 0.6) is 0 Å². The van der Waals surface area contributed by atoms with Crippen molar-refractivity contribution in [2.75, 3.05) is 25.2 Å². The van der Waals surface area contributed by atoms with Crippen LogP contribution in [0.15, 0.2) is 60.7 Å². The molecular weight excluding hydrogens is 558 g/mol. The van der Waals surface area contributed by atoms with Crippen LogP contribution in [0.1, 0.15) is 50.8 Å². The number of aryl methyl sites for hydroxylation is 1. The van der Waals surface area contributed by atoms with Gasteiger partial charge < -0.3 is 24.8 Å². The molecule has 2 heterocycles. The van der Waals surface area contributed by atoms with E-state index in [1.807, 2.05) is 60.7 Å². The van der Waals surface area contributed by atoms with Gasteiger partial charge in [-0.2, -0.15) is 0 Å². The number of amides is 3. The first-order valence-electron chi connectivity index (χ1n) is 14.8. The number of ether oxygens (including phenoxy) is 2. The van der Waals surface area contributed by atoms with E-state index in [1.165, 1.54) is 11.9 Å². The molecule has 2 atom stereocenters. The summed E-state index contributed by atoms with van der Waals surface area (Å²) in [6, 6.07) is 17.9. The molecular formula is C35H39N3O6. The fourth-order valence-corrected chi connectivity index (χ4v) is 5.31. The molecule has 3 amide bonds. The van der Waals surface area contributed by atoms with Gasteiger partial charge in [-0.15, -0.1) is 0 Å². The maximum absolute atomic E-state index is 14.3. The fourth-order valence-electron chi connectivity index (χ4n) is 5.31. The number of rotatable bonds is 5. The van der Waals surface area contributed by atoms with Crippen molar-refractivity contribution < 1.29 is 29.0 Å². The fraction of sp³-hybridized carbons (Fsp3) is 0.400. The highest BCUT2D eigenvalue weighted by Gasteiger charge is 2.36. The lowest BCUT2D eigenvalue weighted by atomic mass is 9.96. The van der Waals surface area contributed by atoms with Gasteiger partial charge in [0.2, 0.25) is 11.8 Å². The molecule has 2 aliphatic heterocycles. The molecule has 0 aromatic heterocycles. The quantitative estimate of drug-likeness (QED) is 0.428. The number of anilines is 1. The van der Waals surface area contributed by atoms with Gasteiger partial charge in [0, 0.05) is 18.3 Å². The zero-order valence-corrected chi connectivity index (χ0v) is 25.8. The zero-order valence-electron chi connectivity index (χ0n) is 25.8. The number of carbonyl (C=O) groups excluding carboxylic acids is 3. The lowest BCUT2D eigenvalue weighted by Gasteiger charge is -2.31. The summed E-state index contributed by atoms with van der Waals surface area (Å²) < 4.78 is 10.6. The number of aliphatic hydroxyl groups is 1. The van der Waals surface area contributed by atoms with Crippen LogP contribution in [0.3, 0.4) is 0 Å². The second-order valence-corrected chi connectivity index (χ2v) is 12.5. The molecule has 0 saturated carbocycles. The number of hydrogen-bond donors (Lipinski definition) is 2. The van der Waals surface area contributed by atoms with Crippen molar-refractivity contribution in [3.8, 4) is 11.8 Å². The van der Waals surface area contributed by atoms with E-state index in [4.69, 9.17) is 9.47 Å². The molecule has 1 fully saturated rings. The highest BCUT2D eigenvalue weighted by atomic mass is 16.6. The van der Waals surface area contributed by atoms with E-state index >= 15 is 0 Å². The Morgan fingerprint density at radius 3 is 2.55 bits per heavy atom. The molecule has 0 spiro atoms. The standard InChI is InChI=1S/C35H39N3O6/c1-23(37(5)33(41)44-34(2,3)4)31(39)36-29-17-16-26-11-7-9-13-30(26)38(32(29)40)20-28-25(18-19-35(42)21-43-22-35)15-14-24-10-6-8-12-27(24)28/h6-15,23,29,42H,16-17,20-22H2,1-5H3,(H,36,39)/t23?,29-/m0/s1. The van der Waals surface area contributed by atoms with Gasteiger partial charge in [0.25, 0.3) is 0 Å². The molecule has 0 aliphatic carbocycles. The summed E-state index contributed by atoms with van der Waals surface area (Å²) >= 11 is 0. The SMILES string of the molecule is CC(C(=O)N[C@H]1CCc2ccccc2N(Cc2c(C#CC3(O)COC3)ccc3ccccc23)C1=O)N(C)C(=O)OC(C)(C)C. The summed E-state index contributed by atoms with van der Waals surface area (Å²) in [5, 5.41) is 15.4. The Balaban J connectivity index is 1.47. The van der Waals surface area contributed by atoms with Crippen molar-refractivity contribution in [3.05, 3.63) is 77.4 Å². The molecule has 1 saturated heterocycles. The molecule has 5 rings (SSSR count). The van der Waals surface area contributed by atoms with Gasteiger partial charge in [0.05, 0.1) is 19.8 Å². The van der Waals surface area contributed by atoms with Crippen molar-refractivity contribution in [1.29, 1.82) is 0 Å². The molecule has 3 aromatic carbocycles. The molecule has 9 heteroatoms. The Labute approximate surface area is 258 Å². The minimum absolute atomic E-state index is 0.157.